The van der Waals surface area contributed by atoms with Gasteiger partial charge < -0.3 is 5.32 Å². The molecule has 0 radical (unpaired) electrons. The summed E-state index contributed by atoms with van der Waals surface area (Å²) < 4.78 is 2.15. The normalized spacial score (nSPS) is 10.7. The van der Waals surface area contributed by atoms with E-state index in [1.165, 1.54) is 4.68 Å². The van der Waals surface area contributed by atoms with Crippen molar-refractivity contribution in [3.05, 3.63) is 68.1 Å². The Bertz CT molecular complexity index is 950. The van der Waals surface area contributed by atoms with Gasteiger partial charge in [-0.15, -0.1) is 0 Å². The Morgan fingerprint density at radius 2 is 1.78 bits per heavy atom. The Kier molecular flexibility index (Phi) is 4.42. The summed E-state index contributed by atoms with van der Waals surface area (Å²) in [7, 11) is 0. The van der Waals surface area contributed by atoms with Gasteiger partial charge in [0, 0.05) is 8.96 Å². The lowest BCUT2D eigenvalue weighted by Gasteiger charge is -2.10. The number of para-hydroxylation sites is 1. The molecule has 1 aromatic heterocycles. The molecule has 1 amide bonds. The van der Waals surface area contributed by atoms with Gasteiger partial charge in [-0.1, -0.05) is 30.3 Å². The van der Waals surface area contributed by atoms with E-state index >= 15 is 0 Å². The second kappa shape index (κ2) is 6.49. The van der Waals surface area contributed by atoms with E-state index in [1.54, 1.807) is 12.1 Å². The fourth-order valence-electron chi connectivity index (χ4n) is 2.40. The van der Waals surface area contributed by atoms with Gasteiger partial charge in [-0.25, -0.2) is 4.68 Å². The summed E-state index contributed by atoms with van der Waals surface area (Å²) in [4.78, 5) is 24.7. The first kappa shape index (κ1) is 15.7. The van der Waals surface area contributed by atoms with Crippen LogP contribution in [0.15, 0.2) is 53.3 Å². The molecule has 0 atom stereocenters. The molecule has 3 aromatic rings. The number of halogens is 1. The lowest BCUT2D eigenvalue weighted by Crippen LogP contribution is -2.30. The lowest BCUT2D eigenvalue weighted by molar-refractivity contribution is -0.117. The summed E-state index contributed by atoms with van der Waals surface area (Å²) in [6.45, 7) is 1.71. The number of hydrogen-bond acceptors (Lipinski definition) is 3. The maximum Gasteiger partial charge on any atom is 0.275 e. The largest absolute Gasteiger partial charge is 0.324 e. The Morgan fingerprint density at radius 3 is 2.52 bits per heavy atom. The third-order valence-electron chi connectivity index (χ3n) is 3.49. The number of anilines is 1. The molecule has 0 aliphatic heterocycles. The highest BCUT2D eigenvalue weighted by Crippen LogP contribution is 2.17. The Hall–Kier alpha value is -2.22. The Morgan fingerprint density at radius 1 is 1.13 bits per heavy atom. The number of aryl methyl sites for hydroxylation is 1. The molecule has 2 aromatic carbocycles. The number of benzene rings is 2. The standard InChI is InChI=1S/C17H14IN3O2/c1-11-12-6-2-3-7-13(12)17(23)21(20-11)10-16(22)19-15-9-5-4-8-14(15)18/h2-9H,10H2,1H3,(H,19,22). The highest BCUT2D eigenvalue weighted by atomic mass is 127. The van der Waals surface area contributed by atoms with Gasteiger partial charge in [0.15, 0.2) is 0 Å². The van der Waals surface area contributed by atoms with Gasteiger partial charge >= 0.3 is 0 Å². The topological polar surface area (TPSA) is 64.0 Å². The number of carbonyl (C=O) groups is 1. The number of fused-ring (bicyclic) bond motifs is 1. The van der Waals surface area contributed by atoms with Crippen molar-refractivity contribution in [2.75, 3.05) is 5.32 Å². The molecule has 1 heterocycles. The van der Waals surface area contributed by atoms with Gasteiger partial charge in [-0.3, -0.25) is 9.59 Å². The van der Waals surface area contributed by atoms with Crippen molar-refractivity contribution < 1.29 is 4.79 Å². The minimum absolute atomic E-state index is 0.116. The van der Waals surface area contributed by atoms with Gasteiger partial charge in [0.25, 0.3) is 5.56 Å². The van der Waals surface area contributed by atoms with Crippen LogP contribution in [-0.4, -0.2) is 15.7 Å². The van der Waals surface area contributed by atoms with E-state index < -0.39 is 0 Å². The van der Waals surface area contributed by atoms with E-state index in [0.717, 1.165) is 20.3 Å². The summed E-state index contributed by atoms with van der Waals surface area (Å²) >= 11 is 2.15. The molecule has 0 saturated carbocycles. The van der Waals surface area contributed by atoms with Crippen molar-refractivity contribution in [2.45, 2.75) is 13.5 Å². The Balaban J connectivity index is 1.90. The molecular formula is C17H14IN3O2. The first-order valence-electron chi connectivity index (χ1n) is 7.07. The van der Waals surface area contributed by atoms with Crippen molar-refractivity contribution in [1.29, 1.82) is 0 Å². The quantitative estimate of drug-likeness (QED) is 0.665. The molecule has 0 spiro atoms. The van der Waals surface area contributed by atoms with Gasteiger partial charge in [0.2, 0.25) is 5.91 Å². The van der Waals surface area contributed by atoms with Gasteiger partial charge in [-0.05, 0) is 47.7 Å². The highest BCUT2D eigenvalue weighted by Gasteiger charge is 2.11. The van der Waals surface area contributed by atoms with Crippen LogP contribution in [0, 0.1) is 10.5 Å². The third-order valence-corrected chi connectivity index (χ3v) is 4.43. The van der Waals surface area contributed by atoms with Crippen LogP contribution in [0.5, 0.6) is 0 Å². The average molecular weight is 419 g/mol. The molecule has 0 aliphatic carbocycles. The zero-order valence-corrected chi connectivity index (χ0v) is 14.6. The van der Waals surface area contributed by atoms with E-state index in [0.29, 0.717) is 5.39 Å². The smallest absolute Gasteiger partial charge is 0.275 e. The number of aromatic nitrogens is 2. The monoisotopic (exact) mass is 419 g/mol. The second-order valence-electron chi connectivity index (χ2n) is 5.12. The molecule has 5 nitrogen and oxygen atoms in total. The number of carbonyl (C=O) groups excluding carboxylic acids is 1. The fourth-order valence-corrected chi connectivity index (χ4v) is 2.92. The van der Waals surface area contributed by atoms with Crippen LogP contribution in [0.4, 0.5) is 5.69 Å². The zero-order valence-electron chi connectivity index (χ0n) is 12.4. The van der Waals surface area contributed by atoms with Crippen molar-refractivity contribution in [1.82, 2.24) is 9.78 Å². The summed E-state index contributed by atoms with van der Waals surface area (Å²) in [6.07, 6.45) is 0. The zero-order chi connectivity index (χ0) is 16.4. The highest BCUT2D eigenvalue weighted by molar-refractivity contribution is 14.1. The van der Waals surface area contributed by atoms with Crippen molar-refractivity contribution >= 4 is 45.0 Å². The molecule has 23 heavy (non-hydrogen) atoms. The minimum atomic E-state index is -0.279. The van der Waals surface area contributed by atoms with E-state index in [1.807, 2.05) is 43.3 Å². The SMILES string of the molecule is Cc1nn(CC(=O)Nc2ccccc2I)c(=O)c2ccccc12. The first-order valence-corrected chi connectivity index (χ1v) is 8.15. The van der Waals surface area contributed by atoms with Gasteiger partial charge in [-0.2, -0.15) is 5.10 Å². The van der Waals surface area contributed by atoms with E-state index in [2.05, 4.69) is 33.0 Å². The first-order chi connectivity index (χ1) is 11.1. The number of amides is 1. The second-order valence-corrected chi connectivity index (χ2v) is 6.28. The predicted octanol–water partition coefficient (Wildman–Crippen LogP) is 2.95. The van der Waals surface area contributed by atoms with Gasteiger partial charge in [0.1, 0.15) is 6.54 Å². The fraction of sp³-hybridized carbons (Fsp3) is 0.118. The molecule has 0 aliphatic rings. The molecule has 3 rings (SSSR count). The van der Waals surface area contributed by atoms with Crippen LogP contribution in [-0.2, 0) is 11.3 Å². The van der Waals surface area contributed by atoms with E-state index in [-0.39, 0.29) is 18.0 Å². The number of rotatable bonds is 3. The molecule has 0 bridgehead atoms. The summed E-state index contributed by atoms with van der Waals surface area (Å²) in [5, 5.41) is 8.44. The maximum absolute atomic E-state index is 12.5. The van der Waals surface area contributed by atoms with Crippen LogP contribution >= 0.6 is 22.6 Å². The van der Waals surface area contributed by atoms with Crippen LogP contribution in [0.25, 0.3) is 10.8 Å². The molecule has 6 heteroatoms. The van der Waals surface area contributed by atoms with Crippen LogP contribution in [0.2, 0.25) is 0 Å². The third kappa shape index (κ3) is 3.26. The van der Waals surface area contributed by atoms with Crippen LogP contribution < -0.4 is 10.9 Å². The molecule has 1 N–H and O–H groups in total. The molecule has 0 fully saturated rings. The number of hydrogen-bond donors (Lipinski definition) is 1. The number of nitrogens with one attached hydrogen (secondary N) is 1. The predicted molar refractivity (Wildman–Crippen MR) is 98.5 cm³/mol. The van der Waals surface area contributed by atoms with Crippen LogP contribution in [0.3, 0.4) is 0 Å². The molecule has 116 valence electrons. The van der Waals surface area contributed by atoms with Gasteiger partial charge in [0.05, 0.1) is 16.8 Å². The Labute approximate surface area is 146 Å². The van der Waals surface area contributed by atoms with Crippen molar-refractivity contribution in [3.8, 4) is 0 Å². The summed E-state index contributed by atoms with van der Waals surface area (Å²) in [5.74, 6) is -0.279. The van der Waals surface area contributed by atoms with E-state index in [4.69, 9.17) is 0 Å². The lowest BCUT2D eigenvalue weighted by atomic mass is 10.1. The minimum Gasteiger partial charge on any atom is -0.324 e. The van der Waals surface area contributed by atoms with Crippen LogP contribution in [0.1, 0.15) is 5.69 Å². The van der Waals surface area contributed by atoms with Crippen molar-refractivity contribution in [2.24, 2.45) is 0 Å². The maximum atomic E-state index is 12.5. The van der Waals surface area contributed by atoms with E-state index in [9.17, 15) is 9.59 Å². The van der Waals surface area contributed by atoms with Crippen molar-refractivity contribution in [3.63, 3.8) is 0 Å². The summed E-state index contributed by atoms with van der Waals surface area (Å²) in [6, 6.07) is 14.8. The molecule has 0 unspecified atom stereocenters. The molecule has 0 saturated heterocycles. The average Bonchev–Trinajstić information content (AvgIpc) is 2.54. The summed E-state index contributed by atoms with van der Waals surface area (Å²) in [5.41, 5.74) is 1.19. The molecular weight excluding hydrogens is 405 g/mol. The number of nitrogens with zero attached hydrogens (tertiary/aromatic N) is 2.